The number of H-pyrrole nitrogens is 1. The van der Waals surface area contributed by atoms with Crippen molar-refractivity contribution in [3.63, 3.8) is 0 Å². The molecule has 7 heteroatoms. The van der Waals surface area contributed by atoms with Gasteiger partial charge < -0.3 is 10.3 Å². The summed E-state index contributed by atoms with van der Waals surface area (Å²) in [5.41, 5.74) is 7.63. The highest BCUT2D eigenvalue weighted by Gasteiger charge is 2.18. The highest BCUT2D eigenvalue weighted by Crippen LogP contribution is 2.25. The number of rotatable bonds is 5. The second kappa shape index (κ2) is 8.24. The van der Waals surface area contributed by atoms with Crippen LogP contribution in [0.1, 0.15) is 35.7 Å². The zero-order valence-electron chi connectivity index (χ0n) is 18.4. The minimum atomic E-state index is 0.393. The van der Waals surface area contributed by atoms with E-state index in [9.17, 15) is 0 Å². The van der Waals surface area contributed by atoms with Crippen molar-refractivity contribution in [3.05, 3.63) is 65.4 Å². The summed E-state index contributed by atoms with van der Waals surface area (Å²) in [6, 6.07) is 13.2. The smallest absolute Gasteiger partial charge is 0.113 e. The van der Waals surface area contributed by atoms with Gasteiger partial charge in [0.1, 0.15) is 5.82 Å². The summed E-state index contributed by atoms with van der Waals surface area (Å²) in [6.07, 6.45) is 2.62. The molecule has 7 nitrogen and oxygen atoms in total. The molecule has 0 bridgehead atoms. The molecule has 4 aromatic rings. The second-order valence-electron chi connectivity index (χ2n) is 8.43. The predicted molar refractivity (Wildman–Crippen MR) is 123 cm³/mol. The van der Waals surface area contributed by atoms with Crippen LogP contribution in [0.15, 0.2) is 42.6 Å². The third-order valence-corrected chi connectivity index (χ3v) is 6.20. The van der Waals surface area contributed by atoms with Crippen LogP contribution in [-0.2, 0) is 13.5 Å². The SMILES string of the molecule is Cc1cc(-c2ccc3nc(Cc4cc(C(C)N5CCNCC5)ccn4)[nH]c3c2)n(C)n1. The molecule has 1 aliphatic heterocycles. The molecule has 1 saturated heterocycles. The summed E-state index contributed by atoms with van der Waals surface area (Å²) in [5.74, 6) is 0.938. The van der Waals surface area contributed by atoms with Gasteiger partial charge in [0.2, 0.25) is 0 Å². The third-order valence-electron chi connectivity index (χ3n) is 6.20. The number of aromatic amines is 1. The molecule has 0 amide bonds. The third kappa shape index (κ3) is 4.11. The molecular formula is C24H29N7. The minimum Gasteiger partial charge on any atom is -0.342 e. The van der Waals surface area contributed by atoms with Crippen molar-refractivity contribution in [2.75, 3.05) is 26.2 Å². The first kappa shape index (κ1) is 19.9. The summed E-state index contributed by atoms with van der Waals surface area (Å²) >= 11 is 0. The molecule has 1 aliphatic rings. The van der Waals surface area contributed by atoms with Crippen LogP contribution in [0.4, 0.5) is 0 Å². The van der Waals surface area contributed by atoms with Gasteiger partial charge in [-0.1, -0.05) is 6.07 Å². The molecule has 2 N–H and O–H groups in total. The van der Waals surface area contributed by atoms with Gasteiger partial charge in [0.25, 0.3) is 0 Å². The number of fused-ring (bicyclic) bond motifs is 1. The van der Waals surface area contributed by atoms with Gasteiger partial charge in [0, 0.05) is 63.1 Å². The van der Waals surface area contributed by atoms with E-state index in [0.29, 0.717) is 12.5 Å². The zero-order chi connectivity index (χ0) is 21.4. The standard InChI is InChI=1S/C24H29N7/c1-16-12-23(30(3)29-16)19-4-5-21-22(14-19)28-24(27-21)15-20-13-18(6-7-26-20)17(2)31-10-8-25-9-11-31/h4-7,12-14,17,25H,8-11,15H2,1-3H3,(H,27,28). The van der Waals surface area contributed by atoms with Crippen LogP contribution in [0, 0.1) is 6.92 Å². The van der Waals surface area contributed by atoms with E-state index in [1.54, 1.807) is 0 Å². The maximum Gasteiger partial charge on any atom is 0.113 e. The summed E-state index contributed by atoms with van der Waals surface area (Å²) in [5, 5.41) is 7.89. The van der Waals surface area contributed by atoms with E-state index in [4.69, 9.17) is 4.98 Å². The molecule has 0 aliphatic carbocycles. The van der Waals surface area contributed by atoms with Gasteiger partial charge in [0.15, 0.2) is 0 Å². The second-order valence-corrected chi connectivity index (χ2v) is 8.43. The lowest BCUT2D eigenvalue weighted by molar-refractivity contribution is 0.185. The molecule has 1 aromatic carbocycles. The number of nitrogens with one attached hydrogen (secondary N) is 2. The van der Waals surface area contributed by atoms with E-state index in [2.05, 4.69) is 68.6 Å². The Morgan fingerprint density at radius 3 is 2.71 bits per heavy atom. The molecule has 31 heavy (non-hydrogen) atoms. The van der Waals surface area contributed by atoms with Gasteiger partial charge in [-0.3, -0.25) is 14.6 Å². The number of piperazine rings is 1. The van der Waals surface area contributed by atoms with Crippen molar-refractivity contribution < 1.29 is 0 Å². The molecule has 0 radical (unpaired) electrons. The summed E-state index contributed by atoms with van der Waals surface area (Å²) < 4.78 is 1.92. The number of hydrogen-bond acceptors (Lipinski definition) is 5. The summed E-state index contributed by atoms with van der Waals surface area (Å²) in [7, 11) is 1.98. The topological polar surface area (TPSA) is 74.7 Å². The first-order chi connectivity index (χ1) is 15.1. The van der Waals surface area contributed by atoms with E-state index in [-0.39, 0.29) is 0 Å². The Hall–Kier alpha value is -3.03. The quantitative estimate of drug-likeness (QED) is 0.524. The Bertz CT molecular complexity index is 1200. The molecule has 4 heterocycles. The Morgan fingerprint density at radius 2 is 1.94 bits per heavy atom. The van der Waals surface area contributed by atoms with E-state index in [1.807, 2.05) is 24.9 Å². The molecule has 1 unspecified atom stereocenters. The predicted octanol–water partition coefficient (Wildman–Crippen LogP) is 3.22. The molecule has 0 spiro atoms. The van der Waals surface area contributed by atoms with Gasteiger partial charge in [0.05, 0.1) is 22.4 Å². The summed E-state index contributed by atoms with van der Waals surface area (Å²) in [4.78, 5) is 15.4. The first-order valence-electron chi connectivity index (χ1n) is 11.0. The van der Waals surface area contributed by atoms with Crippen molar-refractivity contribution in [2.24, 2.45) is 7.05 Å². The molecule has 160 valence electrons. The van der Waals surface area contributed by atoms with Gasteiger partial charge in [-0.25, -0.2) is 4.98 Å². The molecule has 5 rings (SSSR count). The number of aryl methyl sites for hydroxylation is 2. The van der Waals surface area contributed by atoms with Gasteiger partial charge in [-0.15, -0.1) is 0 Å². The van der Waals surface area contributed by atoms with Crippen LogP contribution in [-0.4, -0.2) is 55.8 Å². The van der Waals surface area contributed by atoms with Crippen LogP contribution in [0.3, 0.4) is 0 Å². The Balaban J connectivity index is 1.37. The first-order valence-corrected chi connectivity index (χ1v) is 11.0. The highest BCUT2D eigenvalue weighted by atomic mass is 15.3. The van der Waals surface area contributed by atoms with Gasteiger partial charge in [-0.05, 0) is 49.7 Å². The van der Waals surface area contributed by atoms with Crippen LogP contribution in [0.2, 0.25) is 0 Å². The van der Waals surface area contributed by atoms with E-state index in [0.717, 1.165) is 65.7 Å². The molecule has 1 atom stereocenters. The normalized spacial score (nSPS) is 16.1. The number of pyridine rings is 1. The Morgan fingerprint density at radius 1 is 1.10 bits per heavy atom. The van der Waals surface area contributed by atoms with Crippen molar-refractivity contribution in [2.45, 2.75) is 26.3 Å². The number of imidazole rings is 1. The number of aromatic nitrogens is 5. The number of nitrogens with zero attached hydrogens (tertiary/aromatic N) is 5. The molecule has 1 fully saturated rings. The Labute approximate surface area is 182 Å². The lowest BCUT2D eigenvalue weighted by Gasteiger charge is -2.33. The zero-order valence-corrected chi connectivity index (χ0v) is 18.4. The molecular weight excluding hydrogens is 386 g/mol. The van der Waals surface area contributed by atoms with Crippen molar-refractivity contribution in [3.8, 4) is 11.3 Å². The minimum absolute atomic E-state index is 0.393. The van der Waals surface area contributed by atoms with Gasteiger partial charge >= 0.3 is 0 Å². The fourth-order valence-corrected chi connectivity index (χ4v) is 4.49. The fraction of sp³-hybridized carbons (Fsp3) is 0.375. The number of hydrogen-bond donors (Lipinski definition) is 2. The monoisotopic (exact) mass is 415 g/mol. The van der Waals surface area contributed by atoms with Crippen LogP contribution < -0.4 is 5.32 Å². The molecule has 3 aromatic heterocycles. The van der Waals surface area contributed by atoms with Crippen LogP contribution in [0.5, 0.6) is 0 Å². The van der Waals surface area contributed by atoms with E-state index < -0.39 is 0 Å². The Kier molecular flexibility index (Phi) is 5.29. The average molecular weight is 416 g/mol. The largest absolute Gasteiger partial charge is 0.342 e. The van der Waals surface area contributed by atoms with Crippen LogP contribution in [0.25, 0.3) is 22.3 Å². The maximum atomic E-state index is 4.80. The lowest BCUT2D eigenvalue weighted by Crippen LogP contribution is -2.44. The fourth-order valence-electron chi connectivity index (χ4n) is 4.49. The molecule has 0 saturated carbocycles. The van der Waals surface area contributed by atoms with Crippen molar-refractivity contribution in [1.82, 2.24) is 34.9 Å². The summed E-state index contributed by atoms with van der Waals surface area (Å²) in [6.45, 7) is 8.58. The van der Waals surface area contributed by atoms with Gasteiger partial charge in [-0.2, -0.15) is 5.10 Å². The van der Waals surface area contributed by atoms with Crippen molar-refractivity contribution >= 4 is 11.0 Å². The average Bonchev–Trinajstić information content (AvgIpc) is 3.34. The van der Waals surface area contributed by atoms with E-state index in [1.165, 1.54) is 5.56 Å². The lowest BCUT2D eigenvalue weighted by atomic mass is 10.1. The maximum absolute atomic E-state index is 4.80. The van der Waals surface area contributed by atoms with E-state index >= 15 is 0 Å². The highest BCUT2D eigenvalue weighted by molar-refractivity contribution is 5.81. The van der Waals surface area contributed by atoms with Crippen LogP contribution >= 0.6 is 0 Å². The van der Waals surface area contributed by atoms with Crippen molar-refractivity contribution in [1.29, 1.82) is 0 Å². The number of benzene rings is 1.